The highest BCUT2D eigenvalue weighted by Gasteiger charge is 2.06. The van der Waals surface area contributed by atoms with Gasteiger partial charge in [-0.3, -0.25) is 0 Å². The number of anilines is 1. The van der Waals surface area contributed by atoms with Gasteiger partial charge in [0.15, 0.2) is 18.2 Å². The molecule has 0 fully saturated rings. The van der Waals surface area contributed by atoms with Crippen LogP contribution in [0.3, 0.4) is 0 Å². The quantitative estimate of drug-likeness (QED) is 0.742. The van der Waals surface area contributed by atoms with E-state index in [0.717, 1.165) is 5.69 Å². The molecule has 0 heterocycles. The third-order valence-electron chi connectivity index (χ3n) is 3.44. The van der Waals surface area contributed by atoms with Gasteiger partial charge in [-0.2, -0.15) is 0 Å². The molecule has 24 heavy (non-hydrogen) atoms. The molecular formula is C19H24N2O3. The number of hydrogen-bond donors (Lipinski definition) is 2. The van der Waals surface area contributed by atoms with Crippen LogP contribution in [0, 0.1) is 0 Å². The summed E-state index contributed by atoms with van der Waals surface area (Å²) in [7, 11) is 0. The molecule has 0 aliphatic heterocycles. The van der Waals surface area contributed by atoms with Crippen LogP contribution in [0.5, 0.6) is 11.5 Å². The summed E-state index contributed by atoms with van der Waals surface area (Å²) in [6.45, 7) is 6.78. The van der Waals surface area contributed by atoms with Crippen molar-refractivity contribution in [1.82, 2.24) is 5.32 Å². The number of nitrogens with one attached hydrogen (secondary N) is 2. The number of carbonyl (C=O) groups excluding carboxylic acids is 1. The zero-order valence-corrected chi connectivity index (χ0v) is 14.3. The molecule has 2 aromatic carbocycles. The van der Waals surface area contributed by atoms with Crippen molar-refractivity contribution in [3.05, 3.63) is 54.1 Å². The molecule has 0 saturated carbocycles. The average Bonchev–Trinajstić information content (AvgIpc) is 2.57. The van der Waals surface area contributed by atoms with Crippen LogP contribution in [0.2, 0.25) is 0 Å². The largest absolute Gasteiger partial charge is 0.490 e. The number of carbonyl (C=O) groups is 1. The highest BCUT2D eigenvalue weighted by Crippen LogP contribution is 2.25. The molecule has 5 heteroatoms. The maximum atomic E-state index is 11.9. The number of ether oxygens (including phenoxy) is 2. The molecule has 0 aliphatic rings. The lowest BCUT2D eigenvalue weighted by atomic mass is 10.0. The van der Waals surface area contributed by atoms with E-state index in [-0.39, 0.29) is 12.8 Å². The van der Waals surface area contributed by atoms with Crippen LogP contribution in [0.4, 0.5) is 10.5 Å². The van der Waals surface area contributed by atoms with Crippen molar-refractivity contribution >= 4 is 11.7 Å². The zero-order chi connectivity index (χ0) is 17.4. The Morgan fingerprint density at radius 3 is 2.21 bits per heavy atom. The maximum Gasteiger partial charge on any atom is 0.321 e. The Morgan fingerprint density at radius 2 is 1.62 bits per heavy atom. The first-order valence-electron chi connectivity index (χ1n) is 8.09. The molecule has 5 nitrogen and oxygen atoms in total. The SMILES string of the molecule is CCOc1ccccc1OCNC(=O)Nc1ccc(C(C)C)cc1. The van der Waals surface area contributed by atoms with E-state index in [4.69, 9.17) is 9.47 Å². The van der Waals surface area contributed by atoms with Crippen LogP contribution in [0.25, 0.3) is 0 Å². The Labute approximate surface area is 143 Å². The number of amides is 2. The average molecular weight is 328 g/mol. The van der Waals surface area contributed by atoms with E-state index in [0.29, 0.717) is 24.0 Å². The molecular weight excluding hydrogens is 304 g/mol. The normalized spacial score (nSPS) is 10.3. The molecule has 0 atom stereocenters. The predicted molar refractivity (Wildman–Crippen MR) is 95.8 cm³/mol. The van der Waals surface area contributed by atoms with E-state index in [1.165, 1.54) is 5.56 Å². The lowest BCUT2D eigenvalue weighted by molar-refractivity contribution is 0.229. The summed E-state index contributed by atoms with van der Waals surface area (Å²) in [6, 6.07) is 14.8. The molecule has 2 amide bonds. The first-order chi connectivity index (χ1) is 11.6. The number of benzene rings is 2. The van der Waals surface area contributed by atoms with Crippen LogP contribution < -0.4 is 20.1 Å². The molecule has 0 radical (unpaired) electrons. The second-order valence-corrected chi connectivity index (χ2v) is 5.58. The summed E-state index contributed by atoms with van der Waals surface area (Å²) >= 11 is 0. The second kappa shape index (κ2) is 8.82. The predicted octanol–water partition coefficient (Wildman–Crippen LogP) is 4.37. The van der Waals surface area contributed by atoms with E-state index in [9.17, 15) is 4.79 Å². The molecule has 2 N–H and O–H groups in total. The van der Waals surface area contributed by atoms with Gasteiger partial charge < -0.3 is 20.1 Å². The topological polar surface area (TPSA) is 59.6 Å². The van der Waals surface area contributed by atoms with E-state index < -0.39 is 0 Å². The Hall–Kier alpha value is -2.69. The summed E-state index contributed by atoms with van der Waals surface area (Å²) in [6.07, 6.45) is 0. The minimum atomic E-state index is -0.318. The first-order valence-corrected chi connectivity index (χ1v) is 8.09. The van der Waals surface area contributed by atoms with Crippen LogP contribution in [-0.2, 0) is 0 Å². The van der Waals surface area contributed by atoms with Crippen LogP contribution >= 0.6 is 0 Å². The van der Waals surface area contributed by atoms with Crippen LogP contribution in [0.1, 0.15) is 32.3 Å². The molecule has 0 aromatic heterocycles. The van der Waals surface area contributed by atoms with Crippen LogP contribution in [-0.4, -0.2) is 19.4 Å². The van der Waals surface area contributed by atoms with E-state index >= 15 is 0 Å². The van der Waals surface area contributed by atoms with Gasteiger partial charge in [-0.25, -0.2) is 4.79 Å². The summed E-state index contributed by atoms with van der Waals surface area (Å²) < 4.78 is 11.0. The van der Waals surface area contributed by atoms with Crippen molar-refractivity contribution in [1.29, 1.82) is 0 Å². The Kier molecular flexibility index (Phi) is 6.49. The highest BCUT2D eigenvalue weighted by molar-refractivity contribution is 5.89. The third kappa shape index (κ3) is 5.19. The van der Waals surface area contributed by atoms with Gasteiger partial charge in [0, 0.05) is 5.69 Å². The van der Waals surface area contributed by atoms with Crippen molar-refractivity contribution in [2.45, 2.75) is 26.7 Å². The monoisotopic (exact) mass is 328 g/mol. The van der Waals surface area contributed by atoms with Gasteiger partial charge in [-0.05, 0) is 42.7 Å². The Balaban J connectivity index is 1.81. The molecule has 2 rings (SSSR count). The van der Waals surface area contributed by atoms with Crippen LogP contribution in [0.15, 0.2) is 48.5 Å². The lowest BCUT2D eigenvalue weighted by Gasteiger charge is -2.13. The number of rotatable bonds is 7. The van der Waals surface area contributed by atoms with Crippen molar-refractivity contribution in [2.24, 2.45) is 0 Å². The maximum absolute atomic E-state index is 11.9. The number of hydrogen-bond acceptors (Lipinski definition) is 3. The smallest absolute Gasteiger partial charge is 0.321 e. The van der Waals surface area contributed by atoms with Gasteiger partial charge in [0.2, 0.25) is 0 Å². The molecule has 0 bridgehead atoms. The first kappa shape index (κ1) is 17.7. The van der Waals surface area contributed by atoms with Crippen molar-refractivity contribution in [3.63, 3.8) is 0 Å². The summed E-state index contributed by atoms with van der Waals surface area (Å²) in [5.74, 6) is 1.72. The fourth-order valence-electron chi connectivity index (χ4n) is 2.15. The second-order valence-electron chi connectivity index (χ2n) is 5.58. The molecule has 0 unspecified atom stereocenters. The minimum absolute atomic E-state index is 0.0556. The number of para-hydroxylation sites is 2. The van der Waals surface area contributed by atoms with Gasteiger partial charge in [0.05, 0.1) is 6.61 Å². The van der Waals surface area contributed by atoms with Crippen molar-refractivity contribution in [3.8, 4) is 11.5 Å². The van der Waals surface area contributed by atoms with Crippen molar-refractivity contribution in [2.75, 3.05) is 18.7 Å². The van der Waals surface area contributed by atoms with E-state index in [1.54, 1.807) is 6.07 Å². The standard InChI is InChI=1S/C19H24N2O3/c1-4-23-17-7-5-6-8-18(17)24-13-20-19(22)21-16-11-9-15(10-12-16)14(2)3/h5-12,14H,4,13H2,1-3H3,(H2,20,21,22). The Bertz CT molecular complexity index is 654. The minimum Gasteiger partial charge on any atom is -0.490 e. The zero-order valence-electron chi connectivity index (χ0n) is 14.3. The molecule has 0 aliphatic carbocycles. The molecule has 128 valence electrons. The number of urea groups is 1. The molecule has 0 saturated heterocycles. The van der Waals surface area contributed by atoms with Gasteiger partial charge in [-0.15, -0.1) is 0 Å². The Morgan fingerprint density at radius 1 is 1.00 bits per heavy atom. The van der Waals surface area contributed by atoms with E-state index in [2.05, 4.69) is 24.5 Å². The third-order valence-corrected chi connectivity index (χ3v) is 3.44. The fourth-order valence-corrected chi connectivity index (χ4v) is 2.15. The highest BCUT2D eigenvalue weighted by atomic mass is 16.5. The van der Waals surface area contributed by atoms with Crippen molar-refractivity contribution < 1.29 is 14.3 Å². The summed E-state index contributed by atoms with van der Waals surface area (Å²) in [5, 5.41) is 5.43. The molecule has 0 spiro atoms. The van der Waals surface area contributed by atoms with Gasteiger partial charge in [0.1, 0.15) is 0 Å². The van der Waals surface area contributed by atoms with Gasteiger partial charge in [-0.1, -0.05) is 38.1 Å². The summed E-state index contributed by atoms with van der Waals surface area (Å²) in [4.78, 5) is 11.9. The summed E-state index contributed by atoms with van der Waals surface area (Å²) in [5.41, 5.74) is 1.98. The lowest BCUT2D eigenvalue weighted by Crippen LogP contribution is -2.32. The van der Waals surface area contributed by atoms with E-state index in [1.807, 2.05) is 49.4 Å². The van der Waals surface area contributed by atoms with Gasteiger partial charge >= 0.3 is 6.03 Å². The van der Waals surface area contributed by atoms with Gasteiger partial charge in [0.25, 0.3) is 0 Å². The molecule has 2 aromatic rings. The fraction of sp³-hybridized carbons (Fsp3) is 0.316.